The van der Waals surface area contributed by atoms with E-state index in [-0.39, 0.29) is 0 Å². The van der Waals surface area contributed by atoms with Crippen LogP contribution >= 0.6 is 0 Å². The van der Waals surface area contributed by atoms with Crippen LogP contribution in [0.15, 0.2) is 47.7 Å². The van der Waals surface area contributed by atoms with Crippen LogP contribution in [-0.4, -0.2) is 10.1 Å². The number of nitrogens with zero attached hydrogens (tertiary/aromatic N) is 4. The summed E-state index contributed by atoms with van der Waals surface area (Å²) in [7, 11) is 0. The third-order valence-electron chi connectivity index (χ3n) is 3.17. The molecule has 5 nitrogen and oxygen atoms in total. The number of benzene rings is 1. The first kappa shape index (κ1) is 10.8. The summed E-state index contributed by atoms with van der Waals surface area (Å²) in [6.45, 7) is 0. The highest BCUT2D eigenvalue weighted by atomic mass is 16.3. The van der Waals surface area contributed by atoms with E-state index in [0.29, 0.717) is 5.56 Å². The molecule has 1 heterocycles. The lowest BCUT2D eigenvalue weighted by molar-refractivity contribution is 0.145. The molecule has 1 aromatic carbocycles. The lowest BCUT2D eigenvalue weighted by Crippen LogP contribution is -2.16. The number of aliphatic hydroxyl groups is 1. The molecular formula is C13H10N4O. The summed E-state index contributed by atoms with van der Waals surface area (Å²) in [5.41, 5.74) is 11.8. The number of pyridine rings is 1. The van der Waals surface area contributed by atoms with E-state index in [2.05, 4.69) is 15.0 Å². The largest absolute Gasteiger partial charge is 0.388 e. The quantitative estimate of drug-likeness (QED) is 0.470. The summed E-state index contributed by atoms with van der Waals surface area (Å²) in [6.07, 6.45) is 0.843. The number of azide groups is 1. The summed E-state index contributed by atoms with van der Waals surface area (Å²) >= 11 is 0. The van der Waals surface area contributed by atoms with Crippen molar-refractivity contribution in [3.05, 3.63) is 64.2 Å². The highest BCUT2D eigenvalue weighted by Gasteiger charge is 2.32. The second kappa shape index (κ2) is 4.14. The number of hydrogen-bond donors (Lipinski definition) is 1. The van der Waals surface area contributed by atoms with E-state index in [1.54, 1.807) is 12.3 Å². The molecule has 0 amide bonds. The molecule has 0 radical (unpaired) electrons. The fraction of sp³-hybridized carbons (Fsp3) is 0.154. The van der Waals surface area contributed by atoms with Crippen LogP contribution in [0.4, 0.5) is 0 Å². The normalized spacial score (nSPS) is 20.5. The van der Waals surface area contributed by atoms with Gasteiger partial charge in [0.25, 0.3) is 0 Å². The molecule has 0 aliphatic heterocycles. The Morgan fingerprint density at radius 1 is 1.17 bits per heavy atom. The van der Waals surface area contributed by atoms with Gasteiger partial charge in [-0.15, -0.1) is 0 Å². The van der Waals surface area contributed by atoms with Crippen molar-refractivity contribution in [3.8, 4) is 11.3 Å². The first-order valence-corrected chi connectivity index (χ1v) is 5.59. The second-order valence-electron chi connectivity index (χ2n) is 4.12. The number of aliphatic hydroxyl groups excluding tert-OH is 1. The summed E-state index contributed by atoms with van der Waals surface area (Å²) in [5, 5.41) is 14.0. The van der Waals surface area contributed by atoms with Crippen LogP contribution in [0.3, 0.4) is 0 Å². The molecule has 5 heteroatoms. The first-order valence-electron chi connectivity index (χ1n) is 5.59. The topological polar surface area (TPSA) is 81.9 Å². The Morgan fingerprint density at radius 3 is 2.78 bits per heavy atom. The molecule has 0 bridgehead atoms. The fourth-order valence-electron chi connectivity index (χ4n) is 2.37. The molecule has 0 saturated heterocycles. The summed E-state index contributed by atoms with van der Waals surface area (Å²) in [4.78, 5) is 7.14. The molecular weight excluding hydrogens is 228 g/mol. The number of fused-ring (bicyclic) bond motifs is 3. The first-order chi connectivity index (χ1) is 8.83. The van der Waals surface area contributed by atoms with Crippen LogP contribution in [-0.2, 0) is 0 Å². The van der Waals surface area contributed by atoms with Gasteiger partial charge in [-0.1, -0.05) is 35.4 Å². The Hall–Kier alpha value is -2.36. The third kappa shape index (κ3) is 1.46. The van der Waals surface area contributed by atoms with Crippen molar-refractivity contribution < 1.29 is 5.11 Å². The van der Waals surface area contributed by atoms with E-state index >= 15 is 0 Å². The van der Waals surface area contributed by atoms with E-state index in [9.17, 15) is 5.11 Å². The highest BCUT2D eigenvalue weighted by molar-refractivity contribution is 5.71. The number of aromatic nitrogens is 1. The molecule has 3 rings (SSSR count). The Labute approximate surface area is 103 Å². The predicted molar refractivity (Wildman–Crippen MR) is 66.5 cm³/mol. The molecule has 2 aromatic rings. The molecule has 88 valence electrons. The maximum Gasteiger partial charge on any atom is 0.0936 e. The van der Waals surface area contributed by atoms with Crippen molar-refractivity contribution >= 4 is 0 Å². The molecule has 1 aliphatic carbocycles. The average Bonchev–Trinajstić information content (AvgIpc) is 2.43. The molecule has 1 N–H and O–H groups in total. The van der Waals surface area contributed by atoms with Crippen molar-refractivity contribution in [2.45, 2.75) is 12.1 Å². The molecule has 0 unspecified atom stereocenters. The van der Waals surface area contributed by atoms with E-state index in [1.807, 2.05) is 30.3 Å². The van der Waals surface area contributed by atoms with Gasteiger partial charge in [0.05, 0.1) is 17.8 Å². The zero-order valence-electron chi connectivity index (χ0n) is 9.43. The average molecular weight is 238 g/mol. The van der Waals surface area contributed by atoms with Crippen molar-refractivity contribution in [1.82, 2.24) is 4.98 Å². The predicted octanol–water partition coefficient (Wildman–Crippen LogP) is 3.15. The van der Waals surface area contributed by atoms with E-state index in [0.717, 1.165) is 16.8 Å². The van der Waals surface area contributed by atoms with Crippen molar-refractivity contribution in [2.75, 3.05) is 0 Å². The number of hydrogen-bond acceptors (Lipinski definition) is 3. The minimum atomic E-state index is -0.848. The monoisotopic (exact) mass is 238 g/mol. The molecule has 1 aromatic heterocycles. The Balaban J connectivity index is 2.31. The SMILES string of the molecule is [N-]=[N+]=N[C@@H]1c2ccccc2-c2ncccc2[C@H]1O. The van der Waals surface area contributed by atoms with Crippen molar-refractivity contribution in [1.29, 1.82) is 0 Å². The molecule has 0 saturated carbocycles. The fourth-order valence-corrected chi connectivity index (χ4v) is 2.37. The Kier molecular flexibility index (Phi) is 2.48. The van der Waals surface area contributed by atoms with Crippen LogP contribution in [0.1, 0.15) is 23.3 Å². The van der Waals surface area contributed by atoms with Gasteiger partial charge in [-0.05, 0) is 17.2 Å². The van der Waals surface area contributed by atoms with Gasteiger partial charge in [-0.25, -0.2) is 0 Å². The van der Waals surface area contributed by atoms with Crippen LogP contribution in [0.5, 0.6) is 0 Å². The Morgan fingerprint density at radius 2 is 1.94 bits per heavy atom. The van der Waals surface area contributed by atoms with Crippen molar-refractivity contribution in [3.63, 3.8) is 0 Å². The smallest absolute Gasteiger partial charge is 0.0936 e. The molecule has 1 aliphatic rings. The molecule has 0 spiro atoms. The van der Waals surface area contributed by atoms with Gasteiger partial charge in [0, 0.05) is 22.2 Å². The highest BCUT2D eigenvalue weighted by Crippen LogP contribution is 2.45. The number of rotatable bonds is 1. The van der Waals surface area contributed by atoms with Gasteiger partial charge in [0.2, 0.25) is 0 Å². The van der Waals surface area contributed by atoms with Gasteiger partial charge in [-0.2, -0.15) is 0 Å². The minimum absolute atomic E-state index is 0.595. The molecule has 18 heavy (non-hydrogen) atoms. The van der Waals surface area contributed by atoms with Crippen LogP contribution in [0, 0.1) is 0 Å². The molecule has 2 atom stereocenters. The van der Waals surface area contributed by atoms with Gasteiger partial charge >= 0.3 is 0 Å². The van der Waals surface area contributed by atoms with Crippen LogP contribution < -0.4 is 0 Å². The third-order valence-corrected chi connectivity index (χ3v) is 3.17. The minimum Gasteiger partial charge on any atom is -0.388 e. The van der Waals surface area contributed by atoms with E-state index < -0.39 is 12.1 Å². The zero-order chi connectivity index (χ0) is 12.5. The van der Waals surface area contributed by atoms with E-state index in [4.69, 9.17) is 5.53 Å². The van der Waals surface area contributed by atoms with Crippen molar-refractivity contribution in [2.24, 2.45) is 5.11 Å². The second-order valence-corrected chi connectivity index (χ2v) is 4.12. The van der Waals surface area contributed by atoms with Crippen LogP contribution in [0.2, 0.25) is 0 Å². The lowest BCUT2D eigenvalue weighted by Gasteiger charge is -2.28. The van der Waals surface area contributed by atoms with Gasteiger partial charge in [0.15, 0.2) is 0 Å². The summed E-state index contributed by atoms with van der Waals surface area (Å²) in [6, 6.07) is 10.5. The zero-order valence-corrected chi connectivity index (χ0v) is 9.43. The summed E-state index contributed by atoms with van der Waals surface area (Å²) < 4.78 is 0. The van der Waals surface area contributed by atoms with E-state index in [1.165, 1.54) is 0 Å². The summed E-state index contributed by atoms with van der Waals surface area (Å²) in [5.74, 6) is 0. The van der Waals surface area contributed by atoms with Gasteiger partial charge < -0.3 is 5.11 Å². The maximum absolute atomic E-state index is 10.3. The standard InChI is InChI=1S/C13H10N4O/c14-17-16-12-9-5-2-1-4-8(9)11-10(13(12)18)6-3-7-15-11/h1-7,12-13,18H/t12-,13-/m1/s1. The Bertz CT molecular complexity index is 649. The van der Waals surface area contributed by atoms with Gasteiger partial charge in [0.1, 0.15) is 0 Å². The van der Waals surface area contributed by atoms with Crippen LogP contribution in [0.25, 0.3) is 21.7 Å². The lowest BCUT2D eigenvalue weighted by atomic mass is 9.84. The molecule has 0 fully saturated rings. The van der Waals surface area contributed by atoms with Gasteiger partial charge in [-0.3, -0.25) is 4.98 Å². The maximum atomic E-state index is 10.3.